The molecule has 2 aromatic rings. The van der Waals surface area contributed by atoms with Crippen LogP contribution in [0, 0.1) is 5.82 Å². The summed E-state index contributed by atoms with van der Waals surface area (Å²) in [6.07, 6.45) is 0.870. The number of aliphatic carboxylic acids is 1. The number of aromatic nitrogens is 2. The molecule has 1 heterocycles. The van der Waals surface area contributed by atoms with E-state index >= 15 is 0 Å². The van der Waals surface area contributed by atoms with Crippen molar-refractivity contribution >= 4 is 17.7 Å². The summed E-state index contributed by atoms with van der Waals surface area (Å²) in [4.78, 5) is 22.8. The molecule has 0 saturated heterocycles. The molecule has 1 amide bonds. The first-order valence-corrected chi connectivity index (χ1v) is 6.97. The number of hydrogen-bond donors (Lipinski definition) is 2. The van der Waals surface area contributed by atoms with Crippen molar-refractivity contribution in [2.75, 3.05) is 5.32 Å². The SMILES string of the molecule is CCC(Oc1ccccc1F)C(=O)Nc1ccn(CC(=O)O)n1. The van der Waals surface area contributed by atoms with Crippen LogP contribution in [0.15, 0.2) is 36.5 Å². The van der Waals surface area contributed by atoms with E-state index in [0.29, 0.717) is 6.42 Å². The van der Waals surface area contributed by atoms with Crippen LogP contribution >= 0.6 is 0 Å². The molecule has 0 bridgehead atoms. The Kier molecular flexibility index (Phi) is 5.29. The molecule has 1 aromatic carbocycles. The molecule has 1 aromatic heterocycles. The number of nitrogens with zero attached hydrogens (tertiary/aromatic N) is 2. The van der Waals surface area contributed by atoms with Gasteiger partial charge in [-0.15, -0.1) is 0 Å². The minimum Gasteiger partial charge on any atom is -0.480 e. The molecule has 0 spiro atoms. The zero-order valence-electron chi connectivity index (χ0n) is 12.4. The lowest BCUT2D eigenvalue weighted by atomic mass is 10.2. The predicted octanol–water partition coefficient (Wildman–Crippen LogP) is 1.90. The third-order valence-corrected chi connectivity index (χ3v) is 2.96. The monoisotopic (exact) mass is 321 g/mol. The Morgan fingerprint density at radius 1 is 1.39 bits per heavy atom. The van der Waals surface area contributed by atoms with Crippen LogP contribution in [0.4, 0.5) is 10.2 Å². The number of anilines is 1. The molecule has 2 rings (SSSR count). The Morgan fingerprint density at radius 2 is 2.13 bits per heavy atom. The summed E-state index contributed by atoms with van der Waals surface area (Å²) < 4.78 is 20.1. The van der Waals surface area contributed by atoms with Crippen LogP contribution in [0.25, 0.3) is 0 Å². The standard InChI is InChI=1S/C15H16FN3O4/c1-2-11(23-12-6-4-3-5-10(12)16)15(22)17-13-7-8-19(18-13)9-14(20)21/h3-8,11H,2,9H2,1H3,(H,20,21)(H,17,18,22). The number of halogens is 1. The molecule has 122 valence electrons. The largest absolute Gasteiger partial charge is 0.480 e. The van der Waals surface area contributed by atoms with Crippen LogP contribution < -0.4 is 10.1 Å². The molecule has 0 saturated carbocycles. The van der Waals surface area contributed by atoms with E-state index in [9.17, 15) is 14.0 Å². The van der Waals surface area contributed by atoms with E-state index in [-0.39, 0.29) is 18.1 Å². The van der Waals surface area contributed by atoms with Crippen molar-refractivity contribution in [3.05, 3.63) is 42.3 Å². The number of carboxylic acids is 1. The number of hydrogen-bond acceptors (Lipinski definition) is 4. The highest BCUT2D eigenvalue weighted by Gasteiger charge is 2.20. The fraction of sp³-hybridized carbons (Fsp3) is 0.267. The minimum atomic E-state index is -1.04. The van der Waals surface area contributed by atoms with Gasteiger partial charge >= 0.3 is 5.97 Å². The van der Waals surface area contributed by atoms with Crippen molar-refractivity contribution in [3.63, 3.8) is 0 Å². The smallest absolute Gasteiger partial charge is 0.325 e. The maximum Gasteiger partial charge on any atom is 0.325 e. The van der Waals surface area contributed by atoms with E-state index in [1.807, 2.05) is 0 Å². The fourth-order valence-electron chi connectivity index (χ4n) is 1.88. The number of para-hydroxylation sites is 1. The highest BCUT2D eigenvalue weighted by atomic mass is 19.1. The summed E-state index contributed by atoms with van der Waals surface area (Å²) >= 11 is 0. The first-order valence-electron chi connectivity index (χ1n) is 6.97. The number of rotatable bonds is 7. The Bertz CT molecular complexity index is 702. The van der Waals surface area contributed by atoms with E-state index in [0.717, 1.165) is 0 Å². The van der Waals surface area contributed by atoms with Crippen molar-refractivity contribution in [1.29, 1.82) is 0 Å². The maximum absolute atomic E-state index is 13.6. The Labute approximate surface area is 131 Å². The van der Waals surface area contributed by atoms with Gasteiger partial charge in [0.1, 0.15) is 6.54 Å². The van der Waals surface area contributed by atoms with Crippen molar-refractivity contribution in [2.24, 2.45) is 0 Å². The first-order chi connectivity index (χ1) is 11.0. The molecule has 1 unspecified atom stereocenters. The summed E-state index contributed by atoms with van der Waals surface area (Å²) in [5.41, 5.74) is 0. The van der Waals surface area contributed by atoms with Crippen LogP contribution in [0.1, 0.15) is 13.3 Å². The normalized spacial score (nSPS) is 11.7. The van der Waals surface area contributed by atoms with Gasteiger partial charge in [0.05, 0.1) is 0 Å². The van der Waals surface area contributed by atoms with Crippen LogP contribution in [-0.4, -0.2) is 32.9 Å². The highest BCUT2D eigenvalue weighted by molar-refractivity contribution is 5.93. The lowest BCUT2D eigenvalue weighted by molar-refractivity contribution is -0.137. The number of benzene rings is 1. The van der Waals surface area contributed by atoms with Gasteiger partial charge in [0, 0.05) is 12.3 Å². The summed E-state index contributed by atoms with van der Waals surface area (Å²) in [7, 11) is 0. The number of ether oxygens (including phenoxy) is 1. The van der Waals surface area contributed by atoms with Crippen molar-refractivity contribution in [2.45, 2.75) is 26.0 Å². The zero-order chi connectivity index (χ0) is 16.8. The van der Waals surface area contributed by atoms with Gasteiger partial charge in [-0.05, 0) is 18.6 Å². The van der Waals surface area contributed by atoms with Crippen molar-refractivity contribution in [1.82, 2.24) is 9.78 Å². The average molecular weight is 321 g/mol. The Morgan fingerprint density at radius 3 is 2.78 bits per heavy atom. The topological polar surface area (TPSA) is 93.5 Å². The van der Waals surface area contributed by atoms with E-state index in [2.05, 4.69) is 10.4 Å². The van der Waals surface area contributed by atoms with Gasteiger partial charge in [-0.25, -0.2) is 4.39 Å². The van der Waals surface area contributed by atoms with E-state index in [1.165, 1.54) is 35.1 Å². The van der Waals surface area contributed by atoms with Crippen LogP contribution in [0.5, 0.6) is 5.75 Å². The predicted molar refractivity (Wildman–Crippen MR) is 79.6 cm³/mol. The second kappa shape index (κ2) is 7.39. The summed E-state index contributed by atoms with van der Waals surface area (Å²) in [6.45, 7) is 1.42. The molecule has 2 N–H and O–H groups in total. The third-order valence-electron chi connectivity index (χ3n) is 2.96. The van der Waals surface area contributed by atoms with Gasteiger partial charge in [-0.2, -0.15) is 5.10 Å². The molecular formula is C15H16FN3O4. The zero-order valence-corrected chi connectivity index (χ0v) is 12.4. The van der Waals surface area contributed by atoms with E-state index < -0.39 is 23.8 Å². The molecule has 0 aliphatic heterocycles. The van der Waals surface area contributed by atoms with Gasteiger partial charge < -0.3 is 15.2 Å². The highest BCUT2D eigenvalue weighted by Crippen LogP contribution is 2.18. The molecule has 8 heteroatoms. The number of nitrogens with one attached hydrogen (secondary N) is 1. The van der Waals surface area contributed by atoms with Gasteiger partial charge in [-0.3, -0.25) is 14.3 Å². The quantitative estimate of drug-likeness (QED) is 0.812. The fourth-order valence-corrected chi connectivity index (χ4v) is 1.88. The molecule has 23 heavy (non-hydrogen) atoms. The summed E-state index contributed by atoms with van der Waals surface area (Å²) in [5.74, 6) is -1.89. The lowest BCUT2D eigenvalue weighted by Crippen LogP contribution is -2.32. The lowest BCUT2D eigenvalue weighted by Gasteiger charge is -2.16. The van der Waals surface area contributed by atoms with Gasteiger partial charge in [0.25, 0.3) is 5.91 Å². The second-order valence-corrected chi connectivity index (χ2v) is 4.73. The molecule has 0 fully saturated rings. The molecule has 0 aliphatic rings. The number of carbonyl (C=O) groups excluding carboxylic acids is 1. The van der Waals surface area contributed by atoms with Gasteiger partial charge in [0.15, 0.2) is 23.5 Å². The molecular weight excluding hydrogens is 305 g/mol. The number of carbonyl (C=O) groups is 2. The van der Waals surface area contributed by atoms with Crippen LogP contribution in [0.3, 0.4) is 0 Å². The van der Waals surface area contributed by atoms with Crippen LogP contribution in [-0.2, 0) is 16.1 Å². The van der Waals surface area contributed by atoms with Gasteiger partial charge in [0.2, 0.25) is 0 Å². The summed E-state index contributed by atoms with van der Waals surface area (Å²) in [6, 6.07) is 7.28. The van der Waals surface area contributed by atoms with Crippen molar-refractivity contribution < 1.29 is 23.8 Å². The first kappa shape index (κ1) is 16.5. The average Bonchev–Trinajstić information content (AvgIpc) is 2.92. The van der Waals surface area contributed by atoms with E-state index in [4.69, 9.17) is 9.84 Å². The molecule has 0 radical (unpaired) electrons. The summed E-state index contributed by atoms with van der Waals surface area (Å²) in [5, 5.41) is 15.1. The second-order valence-electron chi connectivity index (χ2n) is 4.73. The van der Waals surface area contributed by atoms with Crippen LogP contribution in [0.2, 0.25) is 0 Å². The molecule has 0 aliphatic carbocycles. The van der Waals surface area contributed by atoms with Gasteiger partial charge in [-0.1, -0.05) is 19.1 Å². The maximum atomic E-state index is 13.6. The molecule has 7 nitrogen and oxygen atoms in total. The van der Waals surface area contributed by atoms with E-state index in [1.54, 1.807) is 13.0 Å². The Balaban J connectivity index is 2.01. The molecule has 1 atom stereocenters. The van der Waals surface area contributed by atoms with Crippen molar-refractivity contribution in [3.8, 4) is 5.75 Å². The Hall–Kier alpha value is -2.90. The third kappa shape index (κ3) is 4.53. The minimum absolute atomic E-state index is 0.00842. The number of carboxylic acid groups (broad SMARTS) is 1. The number of amides is 1.